The van der Waals surface area contributed by atoms with E-state index in [0.29, 0.717) is 25.7 Å². The summed E-state index contributed by atoms with van der Waals surface area (Å²) >= 11 is 0. The number of aliphatic carboxylic acids is 1. The molecular formula is C20H30O5. The van der Waals surface area contributed by atoms with Crippen LogP contribution in [0, 0.1) is 11.8 Å². The van der Waals surface area contributed by atoms with Crippen molar-refractivity contribution in [3.05, 3.63) is 36.5 Å². The first kappa shape index (κ1) is 21.3. The van der Waals surface area contributed by atoms with Crippen LogP contribution >= 0.6 is 0 Å². The van der Waals surface area contributed by atoms with Crippen LogP contribution in [0.15, 0.2) is 36.5 Å². The third kappa shape index (κ3) is 8.27. The molecule has 0 radical (unpaired) electrons. The van der Waals surface area contributed by atoms with Gasteiger partial charge in [-0.25, -0.2) is 0 Å². The number of aliphatic hydroxyl groups is 2. The van der Waals surface area contributed by atoms with Gasteiger partial charge in [0.1, 0.15) is 5.78 Å². The summed E-state index contributed by atoms with van der Waals surface area (Å²) in [5.74, 6) is -1.32. The number of unbranched alkanes of at least 4 members (excludes halogenated alkanes) is 1. The highest BCUT2D eigenvalue weighted by Crippen LogP contribution is 2.33. The summed E-state index contributed by atoms with van der Waals surface area (Å²) in [4.78, 5) is 22.5. The predicted octanol–water partition coefficient (Wildman–Crippen LogP) is 3.03. The Bertz CT molecular complexity index is 506. The topological polar surface area (TPSA) is 94.8 Å². The second-order valence-electron chi connectivity index (χ2n) is 6.48. The summed E-state index contributed by atoms with van der Waals surface area (Å²) in [6.07, 6.45) is 13.3. The van der Waals surface area contributed by atoms with Crippen molar-refractivity contribution in [2.45, 2.75) is 64.1 Å². The molecule has 25 heavy (non-hydrogen) atoms. The van der Waals surface area contributed by atoms with Crippen molar-refractivity contribution in [3.8, 4) is 0 Å². The fourth-order valence-electron chi connectivity index (χ4n) is 3.00. The molecule has 5 nitrogen and oxygen atoms in total. The van der Waals surface area contributed by atoms with Crippen molar-refractivity contribution in [2.75, 3.05) is 0 Å². The zero-order valence-electron chi connectivity index (χ0n) is 14.9. The smallest absolute Gasteiger partial charge is 0.303 e. The monoisotopic (exact) mass is 350 g/mol. The van der Waals surface area contributed by atoms with Crippen LogP contribution in [0.25, 0.3) is 0 Å². The Morgan fingerprint density at radius 2 is 2.04 bits per heavy atom. The number of carbonyl (C=O) groups is 2. The summed E-state index contributed by atoms with van der Waals surface area (Å²) in [7, 11) is 0. The molecule has 1 rings (SSSR count). The third-order valence-corrected chi connectivity index (χ3v) is 4.39. The van der Waals surface area contributed by atoms with E-state index in [1.165, 1.54) is 0 Å². The highest BCUT2D eigenvalue weighted by atomic mass is 16.4. The van der Waals surface area contributed by atoms with Crippen molar-refractivity contribution in [2.24, 2.45) is 11.8 Å². The number of hydrogen-bond acceptors (Lipinski definition) is 4. The Labute approximate surface area is 149 Å². The van der Waals surface area contributed by atoms with Gasteiger partial charge in [-0.1, -0.05) is 43.4 Å². The molecule has 1 aliphatic rings. The average Bonchev–Trinajstić information content (AvgIpc) is 2.82. The molecule has 0 aliphatic heterocycles. The van der Waals surface area contributed by atoms with E-state index >= 15 is 0 Å². The average molecular weight is 350 g/mol. The Morgan fingerprint density at radius 1 is 1.28 bits per heavy atom. The van der Waals surface area contributed by atoms with Crippen LogP contribution in [0.2, 0.25) is 0 Å². The minimum atomic E-state index is -0.806. The van der Waals surface area contributed by atoms with Crippen LogP contribution in [0.1, 0.15) is 51.9 Å². The van der Waals surface area contributed by atoms with Gasteiger partial charge in [0, 0.05) is 24.7 Å². The second-order valence-corrected chi connectivity index (χ2v) is 6.48. The summed E-state index contributed by atoms with van der Waals surface area (Å²) in [6, 6.07) is 0. The number of carboxylic acids is 1. The maximum Gasteiger partial charge on any atom is 0.303 e. The number of rotatable bonds is 11. The van der Waals surface area contributed by atoms with E-state index in [2.05, 4.69) is 0 Å². The SMILES string of the molecule is CC/C=C/C[C@H](O)/C=C/[C@@H]1[C@@H](O)CC(=O)[C@@H]1C/C=C/CCCC(=O)O. The number of aliphatic hydroxyl groups excluding tert-OH is 2. The minimum absolute atomic E-state index is 0.0395. The number of hydrogen-bond donors (Lipinski definition) is 3. The summed E-state index contributed by atoms with van der Waals surface area (Å²) in [5, 5.41) is 28.6. The molecule has 0 aromatic carbocycles. The molecule has 0 saturated heterocycles. The van der Waals surface area contributed by atoms with Gasteiger partial charge >= 0.3 is 5.97 Å². The molecule has 1 fully saturated rings. The van der Waals surface area contributed by atoms with E-state index in [9.17, 15) is 19.8 Å². The third-order valence-electron chi connectivity index (χ3n) is 4.39. The lowest BCUT2D eigenvalue weighted by Crippen LogP contribution is -2.18. The van der Waals surface area contributed by atoms with E-state index in [1.807, 2.05) is 31.2 Å². The molecule has 3 N–H and O–H groups in total. The number of allylic oxidation sites excluding steroid dienone is 3. The van der Waals surface area contributed by atoms with Gasteiger partial charge in [-0.2, -0.15) is 0 Å². The Hall–Kier alpha value is -1.72. The molecule has 4 atom stereocenters. The first-order valence-electron chi connectivity index (χ1n) is 9.04. The molecule has 0 unspecified atom stereocenters. The van der Waals surface area contributed by atoms with Gasteiger partial charge in [-0.3, -0.25) is 9.59 Å². The van der Waals surface area contributed by atoms with E-state index in [0.717, 1.165) is 6.42 Å². The molecule has 0 spiro atoms. The molecule has 1 saturated carbocycles. The largest absolute Gasteiger partial charge is 0.481 e. The lowest BCUT2D eigenvalue weighted by atomic mass is 9.90. The maximum absolute atomic E-state index is 12.1. The summed E-state index contributed by atoms with van der Waals surface area (Å²) in [5.41, 5.74) is 0. The predicted molar refractivity (Wildman–Crippen MR) is 97.0 cm³/mol. The fraction of sp³-hybridized carbons (Fsp3) is 0.600. The fourth-order valence-corrected chi connectivity index (χ4v) is 3.00. The quantitative estimate of drug-likeness (QED) is 0.393. The molecule has 0 amide bonds. The second kappa shape index (κ2) is 11.8. The lowest BCUT2D eigenvalue weighted by Gasteiger charge is -2.16. The Morgan fingerprint density at radius 3 is 2.72 bits per heavy atom. The standard InChI is InChI=1S/C20H30O5/c1-2-3-6-9-15(21)12-13-17-16(18(22)14-19(17)23)10-7-4-5-8-11-20(24)25/h3-4,6-7,12-13,15-17,19,21,23H,2,5,8-11,14H2,1H3,(H,24,25)/b6-3+,7-4+,13-12+/t15-,16+,17-,19-/m0/s1. The van der Waals surface area contributed by atoms with Crippen molar-refractivity contribution >= 4 is 11.8 Å². The molecule has 0 heterocycles. The number of Topliss-reactive ketones (excluding diaryl/α,β-unsaturated/α-hetero) is 1. The lowest BCUT2D eigenvalue weighted by molar-refractivity contribution is -0.137. The van der Waals surface area contributed by atoms with Crippen LogP contribution in [0.5, 0.6) is 0 Å². The van der Waals surface area contributed by atoms with Gasteiger partial charge in [0.2, 0.25) is 0 Å². The number of carboxylic acid groups (broad SMARTS) is 1. The maximum atomic E-state index is 12.1. The molecular weight excluding hydrogens is 320 g/mol. The summed E-state index contributed by atoms with van der Waals surface area (Å²) in [6.45, 7) is 2.03. The van der Waals surface area contributed by atoms with Gasteiger partial charge in [0.25, 0.3) is 0 Å². The van der Waals surface area contributed by atoms with Gasteiger partial charge in [-0.15, -0.1) is 0 Å². The Kier molecular flexibility index (Phi) is 10.0. The van der Waals surface area contributed by atoms with Crippen LogP contribution in [0.4, 0.5) is 0 Å². The highest BCUT2D eigenvalue weighted by molar-refractivity contribution is 5.84. The van der Waals surface area contributed by atoms with Crippen LogP contribution in [0.3, 0.4) is 0 Å². The molecule has 0 aromatic heterocycles. The molecule has 1 aliphatic carbocycles. The van der Waals surface area contributed by atoms with E-state index in [4.69, 9.17) is 5.11 Å². The zero-order valence-corrected chi connectivity index (χ0v) is 14.9. The minimum Gasteiger partial charge on any atom is -0.481 e. The number of carbonyl (C=O) groups excluding carboxylic acids is 1. The first-order chi connectivity index (χ1) is 12.0. The van der Waals surface area contributed by atoms with Gasteiger partial charge in [0.15, 0.2) is 0 Å². The molecule has 140 valence electrons. The van der Waals surface area contributed by atoms with Crippen molar-refractivity contribution in [1.29, 1.82) is 0 Å². The van der Waals surface area contributed by atoms with E-state index < -0.39 is 18.2 Å². The van der Waals surface area contributed by atoms with Crippen LogP contribution < -0.4 is 0 Å². The van der Waals surface area contributed by atoms with Crippen LogP contribution in [-0.4, -0.2) is 39.3 Å². The van der Waals surface area contributed by atoms with Gasteiger partial charge in [0.05, 0.1) is 12.2 Å². The van der Waals surface area contributed by atoms with Crippen molar-refractivity contribution in [1.82, 2.24) is 0 Å². The van der Waals surface area contributed by atoms with Gasteiger partial charge in [-0.05, 0) is 32.1 Å². The first-order valence-corrected chi connectivity index (χ1v) is 9.04. The van der Waals surface area contributed by atoms with Crippen LogP contribution in [-0.2, 0) is 9.59 Å². The zero-order chi connectivity index (χ0) is 18.7. The van der Waals surface area contributed by atoms with Crippen molar-refractivity contribution in [3.63, 3.8) is 0 Å². The van der Waals surface area contributed by atoms with Gasteiger partial charge < -0.3 is 15.3 Å². The summed E-state index contributed by atoms with van der Waals surface area (Å²) < 4.78 is 0. The normalized spacial score (nSPS) is 25.6. The highest BCUT2D eigenvalue weighted by Gasteiger charge is 2.39. The molecule has 5 heteroatoms. The van der Waals surface area contributed by atoms with E-state index in [-0.39, 0.29) is 30.5 Å². The van der Waals surface area contributed by atoms with E-state index in [1.54, 1.807) is 12.2 Å². The Balaban J connectivity index is 2.52. The van der Waals surface area contributed by atoms with Crippen molar-refractivity contribution < 1.29 is 24.9 Å². The molecule has 0 bridgehead atoms. The number of ketones is 1. The molecule has 0 aromatic rings.